The van der Waals surface area contributed by atoms with Crippen LogP contribution in [0.4, 0.5) is 0 Å². The molecular weight excluding hydrogens is 278 g/mol. The maximum absolute atomic E-state index is 12.6. The first-order chi connectivity index (χ1) is 9.17. The number of hydrogen-bond donors (Lipinski definition) is 1. The van der Waals surface area contributed by atoms with E-state index in [1.807, 2.05) is 25.8 Å². The molecule has 1 aromatic heterocycles. The Labute approximate surface area is 126 Å². The number of aromatic nitrogens is 1. The summed E-state index contributed by atoms with van der Waals surface area (Å²) in [6.07, 6.45) is 2.97. The average molecular weight is 302 g/mol. The van der Waals surface area contributed by atoms with E-state index in [-0.39, 0.29) is 18.3 Å². The Hall–Kier alpha value is -1.07. The van der Waals surface area contributed by atoms with Crippen LogP contribution in [-0.4, -0.2) is 42.6 Å². The van der Waals surface area contributed by atoms with Crippen LogP contribution in [-0.2, 0) is 6.42 Å². The number of halogens is 1. The lowest BCUT2D eigenvalue weighted by molar-refractivity contribution is 0.0671. The summed E-state index contributed by atoms with van der Waals surface area (Å²) in [5, 5.41) is 7.12. The number of amides is 1. The van der Waals surface area contributed by atoms with Crippen molar-refractivity contribution in [2.75, 3.05) is 26.7 Å². The molecule has 1 fully saturated rings. The van der Waals surface area contributed by atoms with E-state index in [2.05, 4.69) is 10.5 Å². The summed E-state index contributed by atoms with van der Waals surface area (Å²) >= 11 is 0. The molecule has 6 heteroatoms. The van der Waals surface area contributed by atoms with E-state index < -0.39 is 0 Å². The third-order valence-corrected chi connectivity index (χ3v) is 3.77. The zero-order valence-electron chi connectivity index (χ0n) is 12.4. The highest BCUT2D eigenvalue weighted by atomic mass is 35.5. The average Bonchev–Trinajstić information content (AvgIpc) is 2.80. The standard InChI is InChI=1S/C14H23N3O2.ClH/c1-4-12-13(10(2)16-19-12)14(18)17-7-5-6-11(9-17)8-15-3;/h11,15H,4-9H2,1-3H3;1H. The molecular formula is C14H24ClN3O2. The van der Waals surface area contributed by atoms with E-state index in [4.69, 9.17) is 4.52 Å². The molecule has 0 aromatic carbocycles. The van der Waals surface area contributed by atoms with Crippen LogP contribution in [0.15, 0.2) is 4.52 Å². The van der Waals surface area contributed by atoms with Crippen molar-refractivity contribution in [3.05, 3.63) is 17.0 Å². The number of carbonyl (C=O) groups excluding carboxylic acids is 1. The van der Waals surface area contributed by atoms with Gasteiger partial charge in [0.15, 0.2) is 0 Å². The summed E-state index contributed by atoms with van der Waals surface area (Å²) in [4.78, 5) is 14.6. The third kappa shape index (κ3) is 3.52. The second kappa shape index (κ2) is 7.64. The molecule has 1 aliphatic rings. The first-order valence-electron chi connectivity index (χ1n) is 7.06. The Morgan fingerprint density at radius 1 is 1.55 bits per heavy atom. The maximum Gasteiger partial charge on any atom is 0.259 e. The van der Waals surface area contributed by atoms with Crippen molar-refractivity contribution in [3.8, 4) is 0 Å². The first-order valence-corrected chi connectivity index (χ1v) is 7.06. The number of nitrogens with one attached hydrogen (secondary N) is 1. The summed E-state index contributed by atoms with van der Waals surface area (Å²) in [6, 6.07) is 0. The molecule has 0 aliphatic carbocycles. The Morgan fingerprint density at radius 2 is 2.30 bits per heavy atom. The van der Waals surface area contributed by atoms with Crippen LogP contribution >= 0.6 is 12.4 Å². The molecule has 114 valence electrons. The van der Waals surface area contributed by atoms with Gasteiger partial charge in [0.25, 0.3) is 5.91 Å². The Bertz CT molecular complexity index is 446. The van der Waals surface area contributed by atoms with E-state index in [1.54, 1.807) is 0 Å². The third-order valence-electron chi connectivity index (χ3n) is 3.77. The van der Waals surface area contributed by atoms with Crippen molar-refractivity contribution in [2.45, 2.75) is 33.1 Å². The number of aryl methyl sites for hydroxylation is 2. The van der Waals surface area contributed by atoms with Gasteiger partial charge in [0, 0.05) is 19.5 Å². The number of carbonyl (C=O) groups is 1. The summed E-state index contributed by atoms with van der Waals surface area (Å²) < 4.78 is 5.22. The zero-order valence-corrected chi connectivity index (χ0v) is 13.3. The molecule has 1 atom stereocenters. The van der Waals surface area contributed by atoms with Crippen molar-refractivity contribution in [2.24, 2.45) is 5.92 Å². The number of nitrogens with zero attached hydrogens (tertiary/aromatic N) is 2. The first kappa shape index (κ1) is 17.0. The number of hydrogen-bond acceptors (Lipinski definition) is 4. The second-order valence-electron chi connectivity index (χ2n) is 5.24. The fourth-order valence-electron chi connectivity index (χ4n) is 2.79. The highest BCUT2D eigenvalue weighted by molar-refractivity contribution is 5.96. The SMILES string of the molecule is CCc1onc(C)c1C(=O)N1CCCC(CNC)C1.Cl. The number of piperidine rings is 1. The molecule has 1 unspecified atom stereocenters. The predicted molar refractivity (Wildman–Crippen MR) is 80.4 cm³/mol. The van der Waals surface area contributed by atoms with Crippen molar-refractivity contribution in [1.29, 1.82) is 0 Å². The smallest absolute Gasteiger partial charge is 0.259 e. The molecule has 0 bridgehead atoms. The van der Waals surface area contributed by atoms with Gasteiger partial charge < -0.3 is 14.7 Å². The topological polar surface area (TPSA) is 58.4 Å². The minimum absolute atomic E-state index is 0. The van der Waals surface area contributed by atoms with Gasteiger partial charge in [0.2, 0.25) is 0 Å². The van der Waals surface area contributed by atoms with Gasteiger partial charge >= 0.3 is 0 Å². The molecule has 1 N–H and O–H groups in total. The predicted octanol–water partition coefficient (Wildman–Crippen LogP) is 2.04. The van der Waals surface area contributed by atoms with Gasteiger partial charge in [-0.05, 0) is 39.3 Å². The van der Waals surface area contributed by atoms with Gasteiger partial charge in [0.05, 0.1) is 5.69 Å². The van der Waals surface area contributed by atoms with Gasteiger partial charge in [-0.25, -0.2) is 0 Å². The van der Waals surface area contributed by atoms with Crippen LogP contribution in [0, 0.1) is 12.8 Å². The van der Waals surface area contributed by atoms with Gasteiger partial charge in [-0.2, -0.15) is 0 Å². The fourth-order valence-corrected chi connectivity index (χ4v) is 2.79. The molecule has 1 saturated heterocycles. The summed E-state index contributed by atoms with van der Waals surface area (Å²) in [5.74, 6) is 1.34. The van der Waals surface area contributed by atoms with E-state index >= 15 is 0 Å². The van der Waals surface area contributed by atoms with Crippen LogP contribution in [0.1, 0.15) is 41.6 Å². The van der Waals surface area contributed by atoms with Crippen LogP contribution in [0.2, 0.25) is 0 Å². The van der Waals surface area contributed by atoms with Gasteiger partial charge in [-0.15, -0.1) is 12.4 Å². The lowest BCUT2D eigenvalue weighted by atomic mass is 9.97. The van der Waals surface area contributed by atoms with E-state index in [0.717, 1.165) is 26.1 Å². The van der Waals surface area contributed by atoms with Crippen molar-refractivity contribution < 1.29 is 9.32 Å². The normalized spacial score (nSPS) is 18.8. The molecule has 0 radical (unpaired) electrons. The summed E-state index contributed by atoms with van der Waals surface area (Å²) in [7, 11) is 1.96. The number of rotatable bonds is 4. The molecule has 0 spiro atoms. The molecule has 1 amide bonds. The van der Waals surface area contributed by atoms with E-state index in [0.29, 0.717) is 29.4 Å². The van der Waals surface area contributed by atoms with Gasteiger partial charge in [-0.3, -0.25) is 4.79 Å². The summed E-state index contributed by atoms with van der Waals surface area (Å²) in [6.45, 7) is 6.45. The monoisotopic (exact) mass is 301 g/mol. The Kier molecular flexibility index (Phi) is 6.49. The minimum Gasteiger partial charge on any atom is -0.360 e. The lowest BCUT2D eigenvalue weighted by Gasteiger charge is -2.32. The van der Waals surface area contributed by atoms with E-state index in [1.165, 1.54) is 6.42 Å². The molecule has 20 heavy (non-hydrogen) atoms. The molecule has 2 rings (SSSR count). The highest BCUT2D eigenvalue weighted by Gasteiger charge is 2.28. The maximum atomic E-state index is 12.6. The molecule has 1 aromatic rings. The minimum atomic E-state index is 0. The van der Waals surface area contributed by atoms with Crippen molar-refractivity contribution in [1.82, 2.24) is 15.4 Å². The van der Waals surface area contributed by atoms with E-state index in [9.17, 15) is 4.79 Å². The Morgan fingerprint density at radius 3 is 2.95 bits per heavy atom. The van der Waals surface area contributed by atoms with Crippen LogP contribution in [0.5, 0.6) is 0 Å². The van der Waals surface area contributed by atoms with Crippen molar-refractivity contribution in [3.63, 3.8) is 0 Å². The lowest BCUT2D eigenvalue weighted by Crippen LogP contribution is -2.42. The van der Waals surface area contributed by atoms with Crippen molar-refractivity contribution >= 4 is 18.3 Å². The van der Waals surface area contributed by atoms with Crippen LogP contribution in [0.25, 0.3) is 0 Å². The zero-order chi connectivity index (χ0) is 13.8. The Balaban J connectivity index is 0.00000200. The largest absolute Gasteiger partial charge is 0.360 e. The van der Waals surface area contributed by atoms with Gasteiger partial charge in [-0.1, -0.05) is 12.1 Å². The number of likely N-dealkylation sites (tertiary alicyclic amines) is 1. The molecule has 5 nitrogen and oxygen atoms in total. The molecule has 2 heterocycles. The highest BCUT2D eigenvalue weighted by Crippen LogP contribution is 2.21. The van der Waals surface area contributed by atoms with Crippen LogP contribution < -0.4 is 5.32 Å². The van der Waals surface area contributed by atoms with Gasteiger partial charge in [0.1, 0.15) is 11.3 Å². The fraction of sp³-hybridized carbons (Fsp3) is 0.714. The second-order valence-corrected chi connectivity index (χ2v) is 5.24. The summed E-state index contributed by atoms with van der Waals surface area (Å²) in [5.41, 5.74) is 1.38. The quantitative estimate of drug-likeness (QED) is 0.924. The molecule has 1 aliphatic heterocycles. The van der Waals surface area contributed by atoms with Crippen LogP contribution in [0.3, 0.4) is 0 Å². The molecule has 0 saturated carbocycles.